The van der Waals surface area contributed by atoms with Crippen LogP contribution in [-0.2, 0) is 11.3 Å². The summed E-state index contributed by atoms with van der Waals surface area (Å²) >= 11 is 12.1. The van der Waals surface area contributed by atoms with Crippen molar-refractivity contribution in [3.05, 3.63) is 75.2 Å². The van der Waals surface area contributed by atoms with Crippen molar-refractivity contribution in [2.75, 3.05) is 6.54 Å². The Bertz CT molecular complexity index is 930. The van der Waals surface area contributed by atoms with Crippen LogP contribution in [0.5, 0.6) is 0 Å². The van der Waals surface area contributed by atoms with Gasteiger partial charge in [0.1, 0.15) is 0 Å². The van der Waals surface area contributed by atoms with Gasteiger partial charge >= 0.3 is 6.03 Å². The predicted octanol–water partition coefficient (Wildman–Crippen LogP) is 3.04. The molecule has 1 aromatic carbocycles. The maximum atomic E-state index is 13.0. The van der Waals surface area contributed by atoms with Gasteiger partial charge in [-0.3, -0.25) is 9.78 Å². The first-order valence-electron chi connectivity index (χ1n) is 7.96. The Morgan fingerprint density at radius 3 is 2.77 bits per heavy atom. The molecule has 0 unspecified atom stereocenters. The van der Waals surface area contributed by atoms with Crippen LogP contribution in [0, 0.1) is 0 Å². The summed E-state index contributed by atoms with van der Waals surface area (Å²) in [5, 5.41) is 6.33. The Hall–Kier alpha value is -2.57. The van der Waals surface area contributed by atoms with Gasteiger partial charge in [0.25, 0.3) is 5.91 Å². The first-order chi connectivity index (χ1) is 12.5. The number of hydrogen-bond acceptors (Lipinski definition) is 3. The van der Waals surface area contributed by atoms with Crippen LogP contribution in [-0.4, -0.2) is 28.4 Å². The highest BCUT2D eigenvalue weighted by Crippen LogP contribution is 2.35. The third-order valence-corrected chi connectivity index (χ3v) is 5.13. The van der Waals surface area contributed by atoms with E-state index in [2.05, 4.69) is 15.6 Å². The van der Waals surface area contributed by atoms with Crippen LogP contribution in [0.15, 0.2) is 54.0 Å². The van der Waals surface area contributed by atoms with E-state index in [0.29, 0.717) is 40.0 Å². The van der Waals surface area contributed by atoms with Gasteiger partial charge in [-0.2, -0.15) is 0 Å². The smallest absolute Gasteiger partial charge is 0.319 e. The number of halogens is 2. The van der Waals surface area contributed by atoms with Crippen LogP contribution < -0.4 is 10.6 Å². The number of rotatable bonds is 3. The third-order valence-electron chi connectivity index (χ3n) is 4.39. The number of hydrogen-bond donors (Lipinski definition) is 2. The highest BCUT2D eigenvalue weighted by molar-refractivity contribution is 6.42. The van der Waals surface area contributed by atoms with E-state index in [1.807, 2.05) is 12.1 Å². The number of carbonyl (C=O) groups excluding carboxylic acids is 2. The molecule has 2 aliphatic rings. The maximum Gasteiger partial charge on any atom is 0.319 e. The monoisotopic (exact) mass is 388 g/mol. The Labute approximate surface area is 159 Å². The van der Waals surface area contributed by atoms with Gasteiger partial charge in [-0.25, -0.2) is 4.79 Å². The summed E-state index contributed by atoms with van der Waals surface area (Å²) in [7, 11) is 0. The van der Waals surface area contributed by atoms with Gasteiger partial charge in [-0.05, 0) is 29.3 Å². The summed E-state index contributed by atoms with van der Waals surface area (Å²) in [6, 6.07) is 7.89. The summed E-state index contributed by atoms with van der Waals surface area (Å²) in [6.45, 7) is 0.762. The molecular formula is C18H14Cl2N4O2. The van der Waals surface area contributed by atoms with Gasteiger partial charge < -0.3 is 15.5 Å². The molecule has 4 rings (SSSR count). The number of amides is 3. The van der Waals surface area contributed by atoms with Gasteiger partial charge in [0, 0.05) is 18.9 Å². The lowest BCUT2D eigenvalue weighted by atomic mass is 9.96. The van der Waals surface area contributed by atoms with Crippen LogP contribution in [0.1, 0.15) is 17.2 Å². The fraction of sp³-hybridized carbons (Fsp3) is 0.167. The first kappa shape index (κ1) is 16.9. The van der Waals surface area contributed by atoms with Crippen LogP contribution in [0.3, 0.4) is 0 Å². The molecule has 3 heterocycles. The average Bonchev–Trinajstić information content (AvgIpc) is 2.93. The lowest BCUT2D eigenvalue weighted by Crippen LogP contribution is -2.44. The molecule has 6 nitrogen and oxygen atoms in total. The van der Waals surface area contributed by atoms with Gasteiger partial charge in [-0.1, -0.05) is 35.3 Å². The number of nitrogens with zero attached hydrogens (tertiary/aromatic N) is 2. The Balaban J connectivity index is 1.65. The second-order valence-electron chi connectivity index (χ2n) is 6.12. The molecule has 0 saturated heterocycles. The number of aromatic nitrogens is 1. The van der Waals surface area contributed by atoms with Crippen molar-refractivity contribution < 1.29 is 9.59 Å². The number of nitrogens with one attached hydrogen (secondary N) is 2. The zero-order valence-corrected chi connectivity index (χ0v) is 15.0. The lowest BCUT2D eigenvalue weighted by molar-refractivity contribution is -0.126. The van der Waals surface area contributed by atoms with E-state index in [4.69, 9.17) is 23.2 Å². The SMILES string of the molecule is O=C1NC2=C(C(=O)N(Cc3cccnc3)C2)[C@H](c2ccc(Cl)c(Cl)c2)N1. The van der Waals surface area contributed by atoms with Crippen LogP contribution in [0.4, 0.5) is 4.79 Å². The van der Waals surface area contributed by atoms with Crippen molar-refractivity contribution in [3.8, 4) is 0 Å². The molecule has 8 heteroatoms. The van der Waals surface area contributed by atoms with E-state index in [0.717, 1.165) is 5.56 Å². The molecule has 2 aromatic rings. The molecule has 0 spiro atoms. The van der Waals surface area contributed by atoms with E-state index in [1.54, 1.807) is 35.5 Å². The van der Waals surface area contributed by atoms with Crippen molar-refractivity contribution in [1.29, 1.82) is 0 Å². The van der Waals surface area contributed by atoms with Crippen molar-refractivity contribution in [1.82, 2.24) is 20.5 Å². The fourth-order valence-corrected chi connectivity index (χ4v) is 3.52. The molecule has 0 bridgehead atoms. The highest BCUT2D eigenvalue weighted by Gasteiger charge is 2.40. The molecule has 2 N–H and O–H groups in total. The number of benzene rings is 1. The molecule has 0 aliphatic carbocycles. The van der Waals surface area contributed by atoms with Crippen molar-refractivity contribution in [3.63, 3.8) is 0 Å². The van der Waals surface area contributed by atoms with Crippen LogP contribution in [0.2, 0.25) is 10.0 Å². The minimum atomic E-state index is -0.570. The largest absolute Gasteiger partial charge is 0.329 e. The number of pyridine rings is 1. The summed E-state index contributed by atoms with van der Waals surface area (Å²) in [4.78, 5) is 30.8. The molecule has 132 valence electrons. The summed E-state index contributed by atoms with van der Waals surface area (Å²) in [6.07, 6.45) is 3.40. The molecule has 0 saturated carbocycles. The van der Waals surface area contributed by atoms with Crippen molar-refractivity contribution >= 4 is 35.1 Å². The third kappa shape index (κ3) is 3.02. The molecule has 0 fully saturated rings. The molecule has 0 radical (unpaired) electrons. The van der Waals surface area contributed by atoms with E-state index in [9.17, 15) is 9.59 Å². The van der Waals surface area contributed by atoms with Gasteiger partial charge in [0.15, 0.2) is 0 Å². The lowest BCUT2D eigenvalue weighted by Gasteiger charge is -2.25. The van der Waals surface area contributed by atoms with Crippen molar-refractivity contribution in [2.24, 2.45) is 0 Å². The molecule has 26 heavy (non-hydrogen) atoms. The normalized spacial score (nSPS) is 19.3. The number of carbonyl (C=O) groups is 2. The van der Waals surface area contributed by atoms with E-state index >= 15 is 0 Å². The quantitative estimate of drug-likeness (QED) is 0.848. The Morgan fingerprint density at radius 1 is 1.19 bits per heavy atom. The summed E-state index contributed by atoms with van der Waals surface area (Å²) in [5.41, 5.74) is 2.76. The average molecular weight is 389 g/mol. The van der Waals surface area contributed by atoms with Crippen molar-refractivity contribution in [2.45, 2.75) is 12.6 Å². The minimum Gasteiger partial charge on any atom is -0.329 e. The Morgan fingerprint density at radius 2 is 2.04 bits per heavy atom. The zero-order chi connectivity index (χ0) is 18.3. The van der Waals surface area contributed by atoms with Crippen LogP contribution >= 0.6 is 23.2 Å². The molecular weight excluding hydrogens is 375 g/mol. The van der Waals surface area contributed by atoms with E-state index < -0.39 is 6.04 Å². The number of urea groups is 1. The molecule has 3 amide bonds. The predicted molar refractivity (Wildman–Crippen MR) is 97.6 cm³/mol. The first-order valence-corrected chi connectivity index (χ1v) is 8.72. The topological polar surface area (TPSA) is 74.3 Å². The zero-order valence-electron chi connectivity index (χ0n) is 13.5. The maximum absolute atomic E-state index is 13.0. The van der Waals surface area contributed by atoms with E-state index in [1.165, 1.54) is 0 Å². The molecule has 2 aliphatic heterocycles. The molecule has 1 atom stereocenters. The second-order valence-corrected chi connectivity index (χ2v) is 6.93. The molecule has 1 aromatic heterocycles. The summed E-state index contributed by atoms with van der Waals surface area (Å²) in [5.74, 6) is -0.132. The van der Waals surface area contributed by atoms with Crippen LogP contribution in [0.25, 0.3) is 0 Å². The highest BCUT2D eigenvalue weighted by atomic mass is 35.5. The fourth-order valence-electron chi connectivity index (χ4n) is 3.21. The Kier molecular flexibility index (Phi) is 4.30. The van der Waals surface area contributed by atoms with Gasteiger partial charge in [0.05, 0.1) is 33.9 Å². The van der Waals surface area contributed by atoms with E-state index in [-0.39, 0.29) is 11.9 Å². The second kappa shape index (κ2) is 6.63. The minimum absolute atomic E-state index is 0.132. The standard InChI is InChI=1S/C18H14Cl2N4O2/c19-12-4-3-11(6-13(12)20)16-15-14(22-18(26)23-16)9-24(17(15)25)8-10-2-1-5-21-7-10/h1-7,16H,8-9H2,(H2,22,23,26)/t16-/m0/s1. The van der Waals surface area contributed by atoms with Gasteiger partial charge in [-0.15, -0.1) is 0 Å². The van der Waals surface area contributed by atoms with Gasteiger partial charge in [0.2, 0.25) is 0 Å². The summed E-state index contributed by atoms with van der Waals surface area (Å²) < 4.78 is 0.